The lowest BCUT2D eigenvalue weighted by molar-refractivity contribution is -0.344. The quantitative estimate of drug-likeness (QED) is 0.589. The Morgan fingerprint density at radius 3 is 2.92 bits per heavy atom. The molecule has 2 rings (SSSR count). The number of para-hydroxylation sites is 1. The van der Waals surface area contributed by atoms with Crippen LogP contribution < -0.4 is 0 Å². The lowest BCUT2D eigenvalue weighted by Crippen LogP contribution is -2.10. The average Bonchev–Trinajstić information content (AvgIpc) is 2.47. The Balaban J connectivity index is 2.52. The van der Waals surface area contributed by atoms with Crippen molar-refractivity contribution in [1.82, 2.24) is 0 Å². The molecule has 3 nitrogen and oxygen atoms in total. The normalized spacial score (nSPS) is 13.8. The molecule has 60 valence electrons. The molecule has 0 saturated heterocycles. The Hall–Kier alpha value is -1.64. The van der Waals surface area contributed by atoms with E-state index in [-0.39, 0.29) is 0 Å². The summed E-state index contributed by atoms with van der Waals surface area (Å²) in [6.07, 6.45) is 1.47. The molecular weight excluding hydrogens is 154 g/mol. The molecule has 0 aromatic heterocycles. The number of hydrogen-bond acceptors (Lipinski definition) is 1. The topological polar surface area (TPSA) is 40.3 Å². The van der Waals surface area contributed by atoms with Gasteiger partial charge in [0.15, 0.2) is 6.21 Å². The van der Waals surface area contributed by atoms with Crippen molar-refractivity contribution in [2.75, 3.05) is 0 Å². The largest absolute Gasteiger partial charge is 0.599 e. The van der Waals surface area contributed by atoms with Gasteiger partial charge < -0.3 is 5.11 Å². The van der Waals surface area contributed by atoms with Crippen molar-refractivity contribution in [3.8, 4) is 0 Å². The van der Waals surface area contributed by atoms with Crippen molar-refractivity contribution in [1.29, 1.82) is 0 Å². The molecule has 1 aromatic rings. The molecule has 1 aromatic carbocycles. The summed E-state index contributed by atoms with van der Waals surface area (Å²) < 4.78 is 1.26. The molecule has 0 aliphatic carbocycles. The lowest BCUT2D eigenvalue weighted by atomic mass is 10.2. The number of hydrogen-bond donors (Lipinski definition) is 1. The second kappa shape index (κ2) is 2.44. The molecule has 0 saturated carbocycles. The molecule has 12 heavy (non-hydrogen) atoms. The fourth-order valence-electron chi connectivity index (χ4n) is 1.39. The van der Waals surface area contributed by atoms with Crippen LogP contribution in [0.25, 0.3) is 0 Å². The van der Waals surface area contributed by atoms with Gasteiger partial charge in [-0.05, 0) is 0 Å². The van der Waals surface area contributed by atoms with Crippen molar-refractivity contribution in [2.24, 2.45) is 0 Å². The second-order valence-corrected chi connectivity index (χ2v) is 2.67. The highest BCUT2D eigenvalue weighted by atomic mass is 16.4. The molecule has 1 aliphatic heterocycles. The molecule has 1 aliphatic rings. The number of benzene rings is 1. The summed E-state index contributed by atoms with van der Waals surface area (Å²) >= 11 is 0. The zero-order chi connectivity index (χ0) is 8.55. The Bertz CT molecular complexity index is 369. The highest BCUT2D eigenvalue weighted by molar-refractivity contribution is 5.76. The van der Waals surface area contributed by atoms with E-state index >= 15 is 0 Å². The first-order chi connectivity index (χ1) is 5.79. The van der Waals surface area contributed by atoms with E-state index in [2.05, 4.69) is 0 Å². The van der Waals surface area contributed by atoms with E-state index in [1.165, 1.54) is 4.58 Å². The number of carboxylic acid groups (broad SMARTS) is 1. The summed E-state index contributed by atoms with van der Waals surface area (Å²) in [7, 11) is 0. The van der Waals surface area contributed by atoms with Crippen LogP contribution in [0.2, 0.25) is 0 Å². The van der Waals surface area contributed by atoms with Crippen molar-refractivity contribution >= 4 is 18.0 Å². The van der Waals surface area contributed by atoms with Crippen molar-refractivity contribution < 1.29 is 14.5 Å². The fraction of sp³-hybridized carbons (Fsp3) is 0.111. The third kappa shape index (κ3) is 0.906. The van der Waals surface area contributed by atoms with Gasteiger partial charge in [0.25, 0.3) is 0 Å². The fourth-order valence-corrected chi connectivity index (χ4v) is 1.39. The van der Waals surface area contributed by atoms with Gasteiger partial charge in [-0.2, -0.15) is 4.79 Å². The number of carbonyl (C=O) groups is 1. The molecule has 3 heteroatoms. The van der Waals surface area contributed by atoms with Gasteiger partial charge in [-0.3, -0.25) is 0 Å². The van der Waals surface area contributed by atoms with Gasteiger partial charge in [0, 0.05) is 11.6 Å². The Labute approximate surface area is 69.6 Å². The van der Waals surface area contributed by atoms with Gasteiger partial charge in [-0.15, -0.1) is 0 Å². The van der Waals surface area contributed by atoms with Crippen molar-refractivity contribution in [3.63, 3.8) is 0 Å². The van der Waals surface area contributed by atoms with E-state index in [1.54, 1.807) is 6.21 Å². The van der Waals surface area contributed by atoms with Crippen LogP contribution in [-0.2, 0) is 6.42 Å². The molecule has 0 unspecified atom stereocenters. The zero-order valence-corrected chi connectivity index (χ0v) is 6.40. The minimum absolute atomic E-state index is 0.711. The van der Waals surface area contributed by atoms with E-state index in [4.69, 9.17) is 5.11 Å². The Morgan fingerprint density at radius 2 is 2.17 bits per heavy atom. The number of nitrogens with zero attached hydrogens (tertiary/aromatic N) is 1. The third-order valence-corrected chi connectivity index (χ3v) is 1.95. The van der Waals surface area contributed by atoms with E-state index in [0.717, 1.165) is 11.3 Å². The summed E-state index contributed by atoms with van der Waals surface area (Å²) in [4.78, 5) is 10.7. The molecule has 1 N–H and O–H groups in total. The highest BCUT2D eigenvalue weighted by Gasteiger charge is 2.27. The van der Waals surface area contributed by atoms with Crippen LogP contribution in [0.15, 0.2) is 24.3 Å². The summed E-state index contributed by atoms with van der Waals surface area (Å²) in [6, 6.07) is 7.51. The molecular formula is C9H8NO2+. The SMILES string of the molecule is O=C(O)[N+]1=CCc2ccccc21. The van der Waals surface area contributed by atoms with Gasteiger partial charge in [0.05, 0.1) is 6.42 Å². The van der Waals surface area contributed by atoms with Gasteiger partial charge in [-0.1, -0.05) is 22.8 Å². The Kier molecular flexibility index (Phi) is 1.43. The van der Waals surface area contributed by atoms with Crippen LogP contribution in [-0.4, -0.2) is 22.0 Å². The molecule has 1 amide bonds. The maximum Gasteiger partial charge on any atom is 0.599 e. The van der Waals surface area contributed by atoms with Crippen LogP contribution in [0.5, 0.6) is 0 Å². The molecule has 1 heterocycles. The number of rotatable bonds is 0. The van der Waals surface area contributed by atoms with Gasteiger partial charge in [0.2, 0.25) is 5.69 Å². The first kappa shape index (κ1) is 7.03. The van der Waals surface area contributed by atoms with E-state index in [0.29, 0.717) is 6.42 Å². The highest BCUT2D eigenvalue weighted by Crippen LogP contribution is 2.22. The molecule has 0 fully saturated rings. The lowest BCUT2D eigenvalue weighted by Gasteiger charge is -1.91. The van der Waals surface area contributed by atoms with Crippen molar-refractivity contribution in [2.45, 2.75) is 6.42 Å². The zero-order valence-electron chi connectivity index (χ0n) is 6.40. The minimum atomic E-state index is -0.917. The number of amides is 1. The standard InChI is InChI=1S/C9H7NO2/c11-9(12)10-6-5-7-3-1-2-4-8(7)10/h1-4,6H,5H2/p+1. The van der Waals surface area contributed by atoms with Crippen LogP contribution in [0.3, 0.4) is 0 Å². The predicted octanol–water partition coefficient (Wildman–Crippen LogP) is 1.64. The smallest absolute Gasteiger partial charge is 0.427 e. The van der Waals surface area contributed by atoms with Gasteiger partial charge >= 0.3 is 6.09 Å². The van der Waals surface area contributed by atoms with Gasteiger partial charge in [0.1, 0.15) is 0 Å². The third-order valence-electron chi connectivity index (χ3n) is 1.95. The summed E-state index contributed by atoms with van der Waals surface area (Å²) in [5, 5.41) is 8.75. The number of fused-ring (bicyclic) bond motifs is 1. The first-order valence-electron chi connectivity index (χ1n) is 3.72. The van der Waals surface area contributed by atoms with E-state index < -0.39 is 6.09 Å². The maximum atomic E-state index is 10.7. The predicted molar refractivity (Wildman–Crippen MR) is 44.2 cm³/mol. The summed E-state index contributed by atoms with van der Waals surface area (Å²) in [5.74, 6) is 0. The molecule has 0 radical (unpaired) electrons. The second-order valence-electron chi connectivity index (χ2n) is 2.67. The van der Waals surface area contributed by atoms with E-state index in [9.17, 15) is 4.79 Å². The average molecular weight is 162 g/mol. The minimum Gasteiger partial charge on any atom is -0.427 e. The summed E-state index contributed by atoms with van der Waals surface area (Å²) in [6.45, 7) is 0. The molecule has 0 spiro atoms. The first-order valence-corrected chi connectivity index (χ1v) is 3.72. The molecule has 0 bridgehead atoms. The van der Waals surface area contributed by atoms with Crippen LogP contribution >= 0.6 is 0 Å². The van der Waals surface area contributed by atoms with E-state index in [1.807, 2.05) is 24.3 Å². The maximum absolute atomic E-state index is 10.7. The van der Waals surface area contributed by atoms with Crippen LogP contribution in [0, 0.1) is 0 Å². The van der Waals surface area contributed by atoms with Crippen LogP contribution in [0.1, 0.15) is 5.56 Å². The van der Waals surface area contributed by atoms with Gasteiger partial charge in [-0.25, -0.2) is 0 Å². The Morgan fingerprint density at radius 1 is 1.42 bits per heavy atom. The summed E-state index contributed by atoms with van der Waals surface area (Å²) in [5.41, 5.74) is 1.85. The van der Waals surface area contributed by atoms with Crippen LogP contribution in [0.4, 0.5) is 10.5 Å². The molecule has 0 atom stereocenters. The van der Waals surface area contributed by atoms with Crippen molar-refractivity contribution in [3.05, 3.63) is 29.8 Å². The monoisotopic (exact) mass is 162 g/mol.